The number of ether oxygens (including phenoxy) is 1. The van der Waals surface area contributed by atoms with Gasteiger partial charge in [0.2, 0.25) is 5.88 Å². The fourth-order valence-corrected chi connectivity index (χ4v) is 3.30. The van der Waals surface area contributed by atoms with Crippen molar-refractivity contribution in [3.8, 4) is 5.88 Å². The van der Waals surface area contributed by atoms with E-state index >= 15 is 0 Å². The molecule has 0 amide bonds. The number of halogens is 2. The van der Waals surface area contributed by atoms with Gasteiger partial charge in [0.05, 0.1) is 0 Å². The van der Waals surface area contributed by atoms with Gasteiger partial charge in [-0.05, 0) is 29.7 Å². The number of benzene rings is 2. The Bertz CT molecular complexity index is 1040. The summed E-state index contributed by atoms with van der Waals surface area (Å²) in [5.41, 5.74) is 1.22. The molecule has 0 saturated heterocycles. The van der Waals surface area contributed by atoms with Crippen molar-refractivity contribution in [1.82, 2.24) is 9.55 Å². The van der Waals surface area contributed by atoms with Gasteiger partial charge in [0, 0.05) is 25.7 Å². The van der Waals surface area contributed by atoms with Crippen molar-refractivity contribution in [2.75, 3.05) is 11.4 Å². The highest BCUT2D eigenvalue weighted by molar-refractivity contribution is 5.44. The van der Waals surface area contributed by atoms with Crippen LogP contribution in [0.1, 0.15) is 17.5 Å². The van der Waals surface area contributed by atoms with E-state index in [1.165, 1.54) is 6.07 Å². The van der Waals surface area contributed by atoms with Crippen LogP contribution in [0.2, 0.25) is 0 Å². The molecule has 4 rings (SSSR count). The molecule has 2 aromatic carbocycles. The third-order valence-electron chi connectivity index (χ3n) is 4.69. The maximum Gasteiger partial charge on any atom is 0.352 e. The number of nitrogens with zero attached hydrogens (tertiary/aromatic N) is 3. The number of fused-ring (bicyclic) bond motifs is 1. The maximum atomic E-state index is 13.3. The third kappa shape index (κ3) is 3.88. The minimum absolute atomic E-state index is 0.00816. The summed E-state index contributed by atoms with van der Waals surface area (Å²) >= 11 is 0. The zero-order valence-electron chi connectivity index (χ0n) is 15.1. The fourth-order valence-electron chi connectivity index (χ4n) is 3.30. The predicted octanol–water partition coefficient (Wildman–Crippen LogP) is 3.51. The highest BCUT2D eigenvalue weighted by Gasteiger charge is 2.20. The van der Waals surface area contributed by atoms with Crippen LogP contribution < -0.4 is 15.3 Å². The van der Waals surface area contributed by atoms with Gasteiger partial charge in [-0.3, -0.25) is 4.57 Å². The standard InChI is InChI=1S/C21H19F2N3O2/c22-17-8-7-16(11-18(17)23)14-28-19-12-20-25(13-15-5-2-1-3-6-15)9-4-10-26(20)21(27)24-19/h1-3,5-8,11-12H,4,9-10,13-14H2. The summed E-state index contributed by atoms with van der Waals surface area (Å²) in [6.07, 6.45) is 0.858. The molecule has 0 spiro atoms. The lowest BCUT2D eigenvalue weighted by Gasteiger charge is -2.32. The minimum atomic E-state index is -0.936. The number of anilines is 1. The lowest BCUT2D eigenvalue weighted by atomic mass is 10.2. The predicted molar refractivity (Wildman–Crippen MR) is 101 cm³/mol. The number of aromatic nitrogens is 2. The summed E-state index contributed by atoms with van der Waals surface area (Å²) in [5, 5.41) is 0. The quantitative estimate of drug-likeness (QED) is 0.677. The van der Waals surface area contributed by atoms with Crippen molar-refractivity contribution in [1.29, 1.82) is 0 Å². The molecule has 1 aromatic heterocycles. The summed E-state index contributed by atoms with van der Waals surface area (Å²) < 4.78 is 33.6. The second-order valence-electron chi connectivity index (χ2n) is 6.68. The van der Waals surface area contributed by atoms with Crippen LogP contribution in [0.25, 0.3) is 0 Å². The lowest BCUT2D eigenvalue weighted by Crippen LogP contribution is -2.38. The largest absolute Gasteiger partial charge is 0.473 e. The second-order valence-corrected chi connectivity index (χ2v) is 6.68. The second kappa shape index (κ2) is 7.80. The molecule has 2 heterocycles. The average molecular weight is 383 g/mol. The Morgan fingerprint density at radius 2 is 1.79 bits per heavy atom. The van der Waals surface area contributed by atoms with Gasteiger partial charge in [-0.15, -0.1) is 0 Å². The van der Waals surface area contributed by atoms with Gasteiger partial charge in [0.1, 0.15) is 12.4 Å². The number of hydrogen-bond donors (Lipinski definition) is 0. The Morgan fingerprint density at radius 3 is 2.57 bits per heavy atom. The van der Waals surface area contributed by atoms with Crippen LogP contribution >= 0.6 is 0 Å². The molecule has 0 fully saturated rings. The molecule has 28 heavy (non-hydrogen) atoms. The summed E-state index contributed by atoms with van der Waals surface area (Å²) in [6.45, 7) is 2.09. The molecule has 5 nitrogen and oxygen atoms in total. The Balaban J connectivity index is 1.56. The molecular formula is C21H19F2N3O2. The normalized spacial score (nSPS) is 13.3. The minimum Gasteiger partial charge on any atom is -0.473 e. The smallest absolute Gasteiger partial charge is 0.352 e. The van der Waals surface area contributed by atoms with E-state index in [0.29, 0.717) is 18.7 Å². The van der Waals surface area contributed by atoms with Crippen molar-refractivity contribution in [3.63, 3.8) is 0 Å². The summed E-state index contributed by atoms with van der Waals surface area (Å²) in [6, 6.07) is 15.3. The van der Waals surface area contributed by atoms with Crippen LogP contribution in [0.3, 0.4) is 0 Å². The van der Waals surface area contributed by atoms with Crippen LogP contribution in [-0.4, -0.2) is 16.1 Å². The molecule has 0 saturated carbocycles. The molecule has 1 aliphatic heterocycles. The van der Waals surface area contributed by atoms with E-state index in [2.05, 4.69) is 9.88 Å². The van der Waals surface area contributed by atoms with Crippen LogP contribution in [0.4, 0.5) is 14.6 Å². The van der Waals surface area contributed by atoms with E-state index < -0.39 is 11.6 Å². The van der Waals surface area contributed by atoms with E-state index in [0.717, 1.165) is 36.5 Å². The summed E-state index contributed by atoms with van der Waals surface area (Å²) in [5.74, 6) is -0.935. The number of hydrogen-bond acceptors (Lipinski definition) is 4. The first-order chi connectivity index (χ1) is 13.6. The van der Waals surface area contributed by atoms with E-state index in [1.54, 1.807) is 10.6 Å². The third-order valence-corrected chi connectivity index (χ3v) is 4.69. The van der Waals surface area contributed by atoms with E-state index in [9.17, 15) is 13.6 Å². The first kappa shape index (κ1) is 18.2. The highest BCUT2D eigenvalue weighted by atomic mass is 19.2. The molecular weight excluding hydrogens is 364 g/mol. The van der Waals surface area contributed by atoms with Crippen molar-refractivity contribution in [2.24, 2.45) is 0 Å². The van der Waals surface area contributed by atoms with Crippen molar-refractivity contribution >= 4 is 5.82 Å². The van der Waals surface area contributed by atoms with Crippen molar-refractivity contribution in [3.05, 3.63) is 87.8 Å². The van der Waals surface area contributed by atoms with Crippen molar-refractivity contribution < 1.29 is 13.5 Å². The Kier molecular flexibility index (Phi) is 5.06. The van der Waals surface area contributed by atoms with Gasteiger partial charge in [-0.25, -0.2) is 13.6 Å². The van der Waals surface area contributed by atoms with Crippen LogP contribution in [0.5, 0.6) is 5.88 Å². The maximum absolute atomic E-state index is 13.3. The van der Waals surface area contributed by atoms with Gasteiger partial charge < -0.3 is 9.64 Å². The SMILES string of the molecule is O=c1nc(OCc2ccc(F)c(F)c2)cc2n1CCCN2Cc1ccccc1. The molecule has 0 bridgehead atoms. The molecule has 0 unspecified atom stereocenters. The molecule has 7 heteroatoms. The monoisotopic (exact) mass is 383 g/mol. The average Bonchev–Trinajstić information content (AvgIpc) is 2.70. The molecule has 0 N–H and O–H groups in total. The zero-order chi connectivity index (χ0) is 19.5. The Labute approximate surface area is 160 Å². The van der Waals surface area contributed by atoms with Crippen molar-refractivity contribution in [2.45, 2.75) is 26.1 Å². The highest BCUT2D eigenvalue weighted by Crippen LogP contribution is 2.24. The molecule has 3 aromatic rings. The van der Waals surface area contributed by atoms with Gasteiger partial charge in [-0.1, -0.05) is 36.4 Å². The summed E-state index contributed by atoms with van der Waals surface area (Å²) in [4.78, 5) is 18.5. The molecule has 0 radical (unpaired) electrons. The fraction of sp³-hybridized carbons (Fsp3) is 0.238. The Hall–Kier alpha value is -3.22. The molecule has 0 aliphatic carbocycles. The first-order valence-electron chi connectivity index (χ1n) is 9.07. The van der Waals surface area contributed by atoms with Gasteiger partial charge in [0.25, 0.3) is 0 Å². The van der Waals surface area contributed by atoms with Gasteiger partial charge >= 0.3 is 5.69 Å². The van der Waals surface area contributed by atoms with E-state index in [-0.39, 0.29) is 18.2 Å². The summed E-state index contributed by atoms with van der Waals surface area (Å²) in [7, 11) is 0. The molecule has 0 atom stereocenters. The van der Waals surface area contributed by atoms with Gasteiger partial charge in [0.15, 0.2) is 11.6 Å². The van der Waals surface area contributed by atoms with E-state index in [4.69, 9.17) is 4.74 Å². The Morgan fingerprint density at radius 1 is 0.964 bits per heavy atom. The molecule has 144 valence electrons. The first-order valence-corrected chi connectivity index (χ1v) is 9.07. The number of rotatable bonds is 5. The van der Waals surface area contributed by atoms with Crippen LogP contribution in [-0.2, 0) is 19.7 Å². The van der Waals surface area contributed by atoms with E-state index in [1.807, 2.05) is 30.3 Å². The van der Waals surface area contributed by atoms with Crippen LogP contribution in [0.15, 0.2) is 59.4 Å². The lowest BCUT2D eigenvalue weighted by molar-refractivity contribution is 0.289. The zero-order valence-corrected chi connectivity index (χ0v) is 15.1. The van der Waals surface area contributed by atoms with Gasteiger partial charge in [-0.2, -0.15) is 4.98 Å². The topological polar surface area (TPSA) is 47.4 Å². The van der Waals surface area contributed by atoms with Crippen LogP contribution in [0, 0.1) is 11.6 Å². The molecule has 1 aliphatic rings.